The molecule has 6 nitrogen and oxygen atoms in total. The molecule has 1 atom stereocenters. The monoisotopic (exact) mass is 346 g/mol. The molecule has 25 heavy (non-hydrogen) atoms. The number of hydrogen-bond acceptors (Lipinski definition) is 4. The van der Waals surface area contributed by atoms with Gasteiger partial charge in [-0.1, -0.05) is 30.3 Å². The number of hydrogen-bond donors (Lipinski definition) is 2. The number of piperazine rings is 1. The molecule has 2 amide bonds. The van der Waals surface area contributed by atoms with Crippen LogP contribution in [0.4, 0.5) is 0 Å². The standard InChI is InChI=1S/C19H30N4O2/c1-15(2)21-17(24)9-10-20-19(25)18(16-7-5-4-6-8-16)23-13-11-22(3)12-14-23/h4-8,15,18H,9-14H2,1-3H3,(H,20,25)(H,21,24)/t18-/m1/s1. The zero-order valence-corrected chi connectivity index (χ0v) is 15.5. The van der Waals surface area contributed by atoms with Gasteiger partial charge in [-0.3, -0.25) is 14.5 Å². The van der Waals surface area contributed by atoms with E-state index in [1.165, 1.54) is 0 Å². The summed E-state index contributed by atoms with van der Waals surface area (Å²) >= 11 is 0. The second-order valence-corrected chi connectivity index (χ2v) is 6.92. The molecule has 1 aromatic carbocycles. The summed E-state index contributed by atoms with van der Waals surface area (Å²) in [4.78, 5) is 29.1. The average molecular weight is 346 g/mol. The molecular weight excluding hydrogens is 316 g/mol. The van der Waals surface area contributed by atoms with Crippen molar-refractivity contribution in [3.05, 3.63) is 35.9 Å². The Balaban J connectivity index is 1.97. The van der Waals surface area contributed by atoms with E-state index in [9.17, 15) is 9.59 Å². The number of carbonyl (C=O) groups is 2. The van der Waals surface area contributed by atoms with Crippen LogP contribution in [-0.2, 0) is 9.59 Å². The summed E-state index contributed by atoms with van der Waals surface area (Å²) < 4.78 is 0. The molecule has 0 unspecified atom stereocenters. The highest BCUT2D eigenvalue weighted by Crippen LogP contribution is 2.22. The lowest BCUT2D eigenvalue weighted by Crippen LogP contribution is -2.50. The van der Waals surface area contributed by atoms with Crippen molar-refractivity contribution >= 4 is 11.8 Å². The van der Waals surface area contributed by atoms with E-state index in [-0.39, 0.29) is 23.9 Å². The number of nitrogens with zero attached hydrogens (tertiary/aromatic N) is 2. The molecule has 1 aromatic rings. The van der Waals surface area contributed by atoms with Crippen LogP contribution in [-0.4, -0.2) is 67.4 Å². The molecule has 0 aliphatic carbocycles. The molecule has 1 fully saturated rings. The van der Waals surface area contributed by atoms with Gasteiger partial charge in [0.1, 0.15) is 6.04 Å². The van der Waals surface area contributed by atoms with Crippen molar-refractivity contribution in [2.45, 2.75) is 32.4 Å². The average Bonchev–Trinajstić information content (AvgIpc) is 2.57. The van der Waals surface area contributed by atoms with E-state index in [4.69, 9.17) is 0 Å². The topological polar surface area (TPSA) is 64.7 Å². The molecule has 1 heterocycles. The SMILES string of the molecule is CC(C)NC(=O)CCNC(=O)[C@@H](c1ccccc1)N1CCN(C)CC1. The highest BCUT2D eigenvalue weighted by atomic mass is 16.2. The Morgan fingerprint density at radius 3 is 2.32 bits per heavy atom. The van der Waals surface area contributed by atoms with E-state index in [1.807, 2.05) is 44.2 Å². The summed E-state index contributed by atoms with van der Waals surface area (Å²) in [6.45, 7) is 7.83. The Morgan fingerprint density at radius 1 is 1.08 bits per heavy atom. The Kier molecular flexibility index (Phi) is 7.40. The van der Waals surface area contributed by atoms with Crippen LogP contribution in [0.25, 0.3) is 0 Å². The molecule has 138 valence electrons. The quantitative estimate of drug-likeness (QED) is 0.773. The number of nitrogens with one attached hydrogen (secondary N) is 2. The lowest BCUT2D eigenvalue weighted by molar-refractivity contribution is -0.127. The normalized spacial score (nSPS) is 17.3. The highest BCUT2D eigenvalue weighted by molar-refractivity contribution is 5.84. The van der Waals surface area contributed by atoms with Crippen LogP contribution >= 0.6 is 0 Å². The first kappa shape index (κ1) is 19.4. The van der Waals surface area contributed by atoms with Gasteiger partial charge in [-0.25, -0.2) is 0 Å². The maximum atomic E-state index is 12.8. The number of benzene rings is 1. The summed E-state index contributed by atoms with van der Waals surface area (Å²) in [5, 5.41) is 5.78. The van der Waals surface area contributed by atoms with Crippen LogP contribution in [0.5, 0.6) is 0 Å². The molecule has 2 N–H and O–H groups in total. The Hall–Kier alpha value is -1.92. The maximum Gasteiger partial charge on any atom is 0.241 e. The molecule has 1 aliphatic rings. The molecule has 2 rings (SSSR count). The van der Waals surface area contributed by atoms with Gasteiger partial charge in [-0.2, -0.15) is 0 Å². The van der Waals surface area contributed by atoms with Crippen molar-refractivity contribution in [1.82, 2.24) is 20.4 Å². The van der Waals surface area contributed by atoms with Gasteiger partial charge in [0.15, 0.2) is 0 Å². The van der Waals surface area contributed by atoms with E-state index >= 15 is 0 Å². The fourth-order valence-electron chi connectivity index (χ4n) is 3.03. The number of likely N-dealkylation sites (N-methyl/N-ethyl adjacent to an activating group) is 1. The third kappa shape index (κ3) is 6.14. The minimum absolute atomic E-state index is 0.0342. The summed E-state index contributed by atoms with van der Waals surface area (Å²) in [6.07, 6.45) is 0.300. The fraction of sp³-hybridized carbons (Fsp3) is 0.579. The third-order valence-electron chi connectivity index (χ3n) is 4.37. The Bertz CT molecular complexity index is 554. The molecule has 1 aliphatic heterocycles. The van der Waals surface area contributed by atoms with E-state index in [2.05, 4.69) is 27.5 Å². The lowest BCUT2D eigenvalue weighted by Gasteiger charge is -2.37. The van der Waals surface area contributed by atoms with Crippen LogP contribution in [0.1, 0.15) is 31.9 Å². The maximum absolute atomic E-state index is 12.8. The summed E-state index contributed by atoms with van der Waals surface area (Å²) in [5.41, 5.74) is 0.996. The zero-order chi connectivity index (χ0) is 18.2. The van der Waals surface area contributed by atoms with Crippen LogP contribution in [0.2, 0.25) is 0 Å². The van der Waals surface area contributed by atoms with Crippen molar-refractivity contribution in [2.75, 3.05) is 39.8 Å². The first-order chi connectivity index (χ1) is 12.0. The molecule has 0 spiro atoms. The van der Waals surface area contributed by atoms with Gasteiger partial charge in [0.25, 0.3) is 0 Å². The van der Waals surface area contributed by atoms with Gasteiger partial charge in [-0.05, 0) is 26.5 Å². The highest BCUT2D eigenvalue weighted by Gasteiger charge is 2.29. The largest absolute Gasteiger partial charge is 0.354 e. The fourth-order valence-corrected chi connectivity index (χ4v) is 3.03. The second-order valence-electron chi connectivity index (χ2n) is 6.92. The summed E-state index contributed by atoms with van der Waals surface area (Å²) in [5.74, 6) is -0.0701. The smallest absolute Gasteiger partial charge is 0.241 e. The molecule has 1 saturated heterocycles. The van der Waals surface area contributed by atoms with Crippen molar-refractivity contribution < 1.29 is 9.59 Å². The van der Waals surface area contributed by atoms with Gasteiger partial charge in [0.05, 0.1) is 0 Å². The molecule has 6 heteroatoms. The number of rotatable bonds is 7. The van der Waals surface area contributed by atoms with Crippen molar-refractivity contribution in [3.63, 3.8) is 0 Å². The third-order valence-corrected chi connectivity index (χ3v) is 4.37. The second kappa shape index (κ2) is 9.53. The van der Waals surface area contributed by atoms with Crippen LogP contribution < -0.4 is 10.6 Å². The minimum atomic E-state index is -0.303. The van der Waals surface area contributed by atoms with Crippen molar-refractivity contribution in [2.24, 2.45) is 0 Å². The van der Waals surface area contributed by atoms with Gasteiger partial charge < -0.3 is 15.5 Å². The summed E-state index contributed by atoms with van der Waals surface area (Å²) in [6, 6.07) is 9.68. The van der Waals surface area contributed by atoms with Crippen LogP contribution in [0, 0.1) is 0 Å². The van der Waals surface area contributed by atoms with Crippen molar-refractivity contribution in [1.29, 1.82) is 0 Å². The van der Waals surface area contributed by atoms with Gasteiger partial charge in [-0.15, -0.1) is 0 Å². The van der Waals surface area contributed by atoms with Crippen molar-refractivity contribution in [3.8, 4) is 0 Å². The molecule has 0 saturated carbocycles. The predicted octanol–water partition coefficient (Wildman–Crippen LogP) is 1.01. The molecule has 0 radical (unpaired) electrons. The predicted molar refractivity (Wildman–Crippen MR) is 99.2 cm³/mol. The molecule has 0 bridgehead atoms. The molecular formula is C19H30N4O2. The van der Waals surface area contributed by atoms with E-state index in [0.717, 1.165) is 31.7 Å². The lowest BCUT2D eigenvalue weighted by atomic mass is 10.0. The van der Waals surface area contributed by atoms with Crippen LogP contribution in [0.15, 0.2) is 30.3 Å². The Labute approximate surface area is 150 Å². The number of carbonyl (C=O) groups excluding carboxylic acids is 2. The van der Waals surface area contributed by atoms with Gasteiger partial charge in [0, 0.05) is 45.2 Å². The van der Waals surface area contributed by atoms with E-state index in [0.29, 0.717) is 13.0 Å². The van der Waals surface area contributed by atoms with Gasteiger partial charge in [0.2, 0.25) is 11.8 Å². The van der Waals surface area contributed by atoms with E-state index < -0.39 is 0 Å². The zero-order valence-electron chi connectivity index (χ0n) is 15.5. The number of amides is 2. The van der Waals surface area contributed by atoms with Crippen LogP contribution in [0.3, 0.4) is 0 Å². The molecule has 0 aromatic heterocycles. The first-order valence-corrected chi connectivity index (χ1v) is 9.02. The summed E-state index contributed by atoms with van der Waals surface area (Å²) in [7, 11) is 2.10. The Morgan fingerprint density at radius 2 is 1.72 bits per heavy atom. The minimum Gasteiger partial charge on any atom is -0.354 e. The van der Waals surface area contributed by atoms with E-state index in [1.54, 1.807) is 0 Å². The van der Waals surface area contributed by atoms with Gasteiger partial charge >= 0.3 is 0 Å². The first-order valence-electron chi connectivity index (χ1n) is 9.02.